The van der Waals surface area contributed by atoms with Crippen LogP contribution in [0.4, 0.5) is 5.69 Å². The van der Waals surface area contributed by atoms with Gasteiger partial charge >= 0.3 is 5.97 Å². The highest BCUT2D eigenvalue weighted by Gasteiger charge is 2.27. The molecule has 36 heavy (non-hydrogen) atoms. The van der Waals surface area contributed by atoms with Crippen LogP contribution in [0.3, 0.4) is 0 Å². The van der Waals surface area contributed by atoms with Crippen LogP contribution in [0.1, 0.15) is 13.8 Å². The van der Waals surface area contributed by atoms with Gasteiger partial charge in [-0.3, -0.25) is 14.4 Å². The van der Waals surface area contributed by atoms with Gasteiger partial charge in [-0.05, 0) is 38.1 Å². The van der Waals surface area contributed by atoms with Crippen LogP contribution in [0.5, 0.6) is 5.75 Å². The molecule has 1 heterocycles. The Hall–Kier alpha value is -3.86. The molecule has 1 atom stereocenters. The highest BCUT2D eigenvalue weighted by molar-refractivity contribution is 8.00. The summed E-state index contributed by atoms with van der Waals surface area (Å²) in [5, 5.41) is 11.0. The smallest absolute Gasteiger partial charge is 0.325 e. The largest absolute Gasteiger partial charge is 0.497 e. The van der Waals surface area contributed by atoms with Gasteiger partial charge in [-0.1, -0.05) is 42.1 Å². The summed E-state index contributed by atoms with van der Waals surface area (Å²) in [6, 6.07) is 16.4. The van der Waals surface area contributed by atoms with Gasteiger partial charge in [0.2, 0.25) is 11.8 Å². The maximum atomic E-state index is 13.5. The number of amides is 2. The molecule has 1 aromatic heterocycles. The van der Waals surface area contributed by atoms with Gasteiger partial charge in [-0.25, -0.2) is 0 Å². The monoisotopic (exact) mass is 511 g/mol. The van der Waals surface area contributed by atoms with E-state index in [4.69, 9.17) is 9.47 Å². The molecule has 2 amide bonds. The fourth-order valence-electron chi connectivity index (χ4n) is 3.32. The number of aromatic nitrogens is 3. The predicted molar refractivity (Wildman–Crippen MR) is 137 cm³/mol. The minimum Gasteiger partial charge on any atom is -0.497 e. The number of benzene rings is 2. The first-order valence-electron chi connectivity index (χ1n) is 11.3. The van der Waals surface area contributed by atoms with Crippen molar-refractivity contribution < 1.29 is 23.9 Å². The van der Waals surface area contributed by atoms with Gasteiger partial charge in [-0.15, -0.1) is 10.2 Å². The van der Waals surface area contributed by atoms with Crippen molar-refractivity contribution in [3.05, 3.63) is 54.6 Å². The van der Waals surface area contributed by atoms with Crippen molar-refractivity contribution in [2.75, 3.05) is 31.7 Å². The second-order valence-corrected chi connectivity index (χ2v) is 9.00. The van der Waals surface area contributed by atoms with Crippen molar-refractivity contribution >= 4 is 35.2 Å². The molecule has 0 aliphatic rings. The van der Waals surface area contributed by atoms with Crippen LogP contribution in [0.25, 0.3) is 11.4 Å². The van der Waals surface area contributed by atoms with Crippen molar-refractivity contribution in [1.82, 2.24) is 20.1 Å². The molecule has 0 aliphatic heterocycles. The summed E-state index contributed by atoms with van der Waals surface area (Å²) in [6.45, 7) is 3.10. The summed E-state index contributed by atoms with van der Waals surface area (Å²) in [5.74, 6) is -0.0419. The first-order valence-corrected chi connectivity index (χ1v) is 12.2. The maximum absolute atomic E-state index is 13.5. The standard InChI is InChI=1S/C25H29N5O5S/c1-5-35-22(32)15-26-21(31)16-30(19-11-13-20(34-4)14-12-19)24(33)17(2)36-25-28-27-23(29(25)3)18-9-7-6-8-10-18/h6-14,17H,5,15-16H2,1-4H3,(H,26,31)/t17-/m0/s1. The Morgan fingerprint density at radius 3 is 2.42 bits per heavy atom. The Balaban J connectivity index is 1.77. The van der Waals surface area contributed by atoms with E-state index < -0.39 is 17.1 Å². The zero-order chi connectivity index (χ0) is 26.1. The van der Waals surface area contributed by atoms with Crippen LogP contribution >= 0.6 is 11.8 Å². The average Bonchev–Trinajstić information content (AvgIpc) is 3.26. The molecular formula is C25H29N5O5S. The Bertz CT molecular complexity index is 1180. The van der Waals surface area contributed by atoms with Crippen molar-refractivity contribution in [3.63, 3.8) is 0 Å². The molecule has 0 saturated heterocycles. The van der Waals surface area contributed by atoms with Gasteiger partial charge in [0.1, 0.15) is 18.8 Å². The van der Waals surface area contributed by atoms with E-state index in [1.165, 1.54) is 16.7 Å². The highest BCUT2D eigenvalue weighted by atomic mass is 32.2. The quantitative estimate of drug-likeness (QED) is 0.309. The lowest BCUT2D eigenvalue weighted by molar-refractivity contribution is -0.143. The van der Waals surface area contributed by atoms with Gasteiger partial charge in [0, 0.05) is 18.3 Å². The Morgan fingerprint density at radius 2 is 1.78 bits per heavy atom. The summed E-state index contributed by atoms with van der Waals surface area (Å²) in [6.07, 6.45) is 0. The molecule has 0 bridgehead atoms. The molecule has 3 aromatic rings. The van der Waals surface area contributed by atoms with Crippen LogP contribution in [-0.2, 0) is 26.2 Å². The van der Waals surface area contributed by atoms with Gasteiger partial charge in [0.05, 0.1) is 19.0 Å². The van der Waals surface area contributed by atoms with E-state index in [0.717, 1.165) is 5.56 Å². The first-order chi connectivity index (χ1) is 17.3. The molecule has 0 fully saturated rings. The minimum absolute atomic E-state index is 0.216. The lowest BCUT2D eigenvalue weighted by atomic mass is 10.2. The first kappa shape index (κ1) is 26.7. The molecule has 11 heteroatoms. The Morgan fingerprint density at radius 1 is 1.08 bits per heavy atom. The number of nitrogens with zero attached hydrogens (tertiary/aromatic N) is 4. The topological polar surface area (TPSA) is 116 Å². The number of hydrogen-bond donors (Lipinski definition) is 1. The molecular weight excluding hydrogens is 482 g/mol. The van der Waals surface area contributed by atoms with Crippen LogP contribution < -0.4 is 15.0 Å². The lowest BCUT2D eigenvalue weighted by Gasteiger charge is -2.25. The summed E-state index contributed by atoms with van der Waals surface area (Å²) in [4.78, 5) is 39.1. The lowest BCUT2D eigenvalue weighted by Crippen LogP contribution is -2.45. The summed E-state index contributed by atoms with van der Waals surface area (Å²) in [7, 11) is 3.38. The van der Waals surface area contributed by atoms with E-state index in [1.807, 2.05) is 41.9 Å². The van der Waals surface area contributed by atoms with Crippen molar-refractivity contribution in [1.29, 1.82) is 0 Å². The summed E-state index contributed by atoms with van der Waals surface area (Å²) < 4.78 is 11.9. The summed E-state index contributed by atoms with van der Waals surface area (Å²) in [5.41, 5.74) is 1.43. The fourth-order valence-corrected chi connectivity index (χ4v) is 4.20. The Kier molecular flexibility index (Phi) is 9.46. The number of carbonyl (C=O) groups is 3. The van der Waals surface area contributed by atoms with E-state index in [9.17, 15) is 14.4 Å². The predicted octanol–water partition coefficient (Wildman–Crippen LogP) is 2.68. The molecule has 190 valence electrons. The zero-order valence-electron chi connectivity index (χ0n) is 20.6. The van der Waals surface area contributed by atoms with Gasteiger partial charge in [0.25, 0.3) is 0 Å². The molecule has 0 saturated carbocycles. The molecule has 10 nitrogen and oxygen atoms in total. The number of carbonyl (C=O) groups excluding carboxylic acids is 3. The number of ether oxygens (including phenoxy) is 2. The number of nitrogens with one attached hydrogen (secondary N) is 1. The second-order valence-electron chi connectivity index (χ2n) is 7.70. The number of thioether (sulfide) groups is 1. The van der Waals surface area contributed by atoms with Crippen molar-refractivity contribution in [2.24, 2.45) is 7.05 Å². The van der Waals surface area contributed by atoms with Crippen molar-refractivity contribution in [3.8, 4) is 17.1 Å². The molecule has 1 N–H and O–H groups in total. The molecule has 0 radical (unpaired) electrons. The molecule has 0 aliphatic carbocycles. The summed E-state index contributed by atoms with van der Waals surface area (Å²) >= 11 is 1.24. The maximum Gasteiger partial charge on any atom is 0.325 e. The van der Waals surface area contributed by atoms with E-state index >= 15 is 0 Å². The van der Waals surface area contributed by atoms with E-state index in [2.05, 4.69) is 15.5 Å². The van der Waals surface area contributed by atoms with Gasteiger partial charge < -0.3 is 24.3 Å². The van der Waals surface area contributed by atoms with Gasteiger partial charge in [-0.2, -0.15) is 0 Å². The third-order valence-electron chi connectivity index (χ3n) is 5.18. The number of rotatable bonds is 11. The molecule has 3 rings (SSSR count). The number of esters is 1. The van der Waals surface area contributed by atoms with E-state index in [-0.39, 0.29) is 25.6 Å². The zero-order valence-corrected chi connectivity index (χ0v) is 21.4. The molecule has 0 spiro atoms. The van der Waals surface area contributed by atoms with Crippen LogP contribution in [0.15, 0.2) is 59.8 Å². The van der Waals surface area contributed by atoms with Crippen LogP contribution in [-0.4, -0.2) is 64.6 Å². The third kappa shape index (κ3) is 6.85. The van der Waals surface area contributed by atoms with Crippen LogP contribution in [0, 0.1) is 0 Å². The average molecular weight is 512 g/mol. The van der Waals surface area contributed by atoms with E-state index in [0.29, 0.717) is 22.4 Å². The van der Waals surface area contributed by atoms with Crippen LogP contribution in [0.2, 0.25) is 0 Å². The highest BCUT2D eigenvalue weighted by Crippen LogP contribution is 2.28. The number of hydrogen-bond acceptors (Lipinski definition) is 8. The SMILES string of the molecule is CCOC(=O)CNC(=O)CN(C(=O)[C@H](C)Sc1nnc(-c2ccccc2)n1C)c1ccc(OC)cc1. The molecule has 2 aromatic carbocycles. The fraction of sp³-hybridized carbons (Fsp3) is 0.320. The van der Waals surface area contributed by atoms with E-state index in [1.54, 1.807) is 45.2 Å². The van der Waals surface area contributed by atoms with Gasteiger partial charge in [0.15, 0.2) is 11.0 Å². The molecule has 0 unspecified atom stereocenters. The second kappa shape index (κ2) is 12.7. The normalized spacial score (nSPS) is 11.4. The third-order valence-corrected chi connectivity index (χ3v) is 6.31. The minimum atomic E-state index is -0.587. The van der Waals surface area contributed by atoms with Crippen molar-refractivity contribution in [2.45, 2.75) is 24.3 Å². The number of anilines is 1. The Labute approximate surface area is 214 Å². The number of methoxy groups -OCH3 is 1.